The summed E-state index contributed by atoms with van der Waals surface area (Å²) in [6.45, 7) is 1.40. The van der Waals surface area contributed by atoms with Crippen LogP contribution in [0.15, 0.2) is 18.2 Å². The Morgan fingerprint density at radius 2 is 1.96 bits per heavy atom. The molecule has 0 bridgehead atoms. The normalized spacial score (nSPS) is 25.1. The fourth-order valence-electron chi connectivity index (χ4n) is 3.25. The van der Waals surface area contributed by atoms with Crippen LogP contribution in [-0.2, 0) is 9.59 Å². The summed E-state index contributed by atoms with van der Waals surface area (Å²) < 4.78 is 26.4. The smallest absolute Gasteiger partial charge is 0.239 e. The zero-order valence-electron chi connectivity index (χ0n) is 12.7. The monoisotopic (exact) mass is 323 g/mol. The van der Waals surface area contributed by atoms with E-state index in [-0.39, 0.29) is 23.5 Å². The van der Waals surface area contributed by atoms with E-state index >= 15 is 0 Å². The highest BCUT2D eigenvalue weighted by molar-refractivity contribution is 6.09. The van der Waals surface area contributed by atoms with Gasteiger partial charge in [0.2, 0.25) is 11.8 Å². The van der Waals surface area contributed by atoms with Gasteiger partial charge in [-0.15, -0.1) is 0 Å². The van der Waals surface area contributed by atoms with Crippen molar-refractivity contribution in [3.05, 3.63) is 29.8 Å². The first-order chi connectivity index (χ1) is 11.0. The van der Waals surface area contributed by atoms with Crippen molar-refractivity contribution in [2.45, 2.75) is 25.3 Å². The Hall–Kier alpha value is -2.02. The second kappa shape index (κ2) is 6.23. The Morgan fingerprint density at radius 1 is 1.17 bits per heavy atom. The quantitative estimate of drug-likeness (QED) is 0.834. The van der Waals surface area contributed by atoms with Crippen LogP contribution in [0, 0.1) is 17.6 Å². The molecule has 3 rings (SSSR count). The second-order valence-electron chi connectivity index (χ2n) is 6.12. The number of likely N-dealkylation sites (tertiary alicyclic amines) is 1. The van der Waals surface area contributed by atoms with Crippen LogP contribution < -0.4 is 10.6 Å². The van der Waals surface area contributed by atoms with E-state index in [0.717, 1.165) is 25.0 Å². The zero-order chi connectivity index (χ0) is 16.6. The largest absolute Gasteiger partial charge is 0.340 e. The van der Waals surface area contributed by atoms with Gasteiger partial charge < -0.3 is 15.5 Å². The summed E-state index contributed by atoms with van der Waals surface area (Å²) in [5.74, 6) is -3.30. The van der Waals surface area contributed by atoms with Crippen molar-refractivity contribution < 1.29 is 18.4 Å². The van der Waals surface area contributed by atoms with Crippen molar-refractivity contribution in [2.24, 2.45) is 11.7 Å². The lowest BCUT2D eigenvalue weighted by Crippen LogP contribution is -2.49. The van der Waals surface area contributed by atoms with E-state index in [1.807, 2.05) is 0 Å². The topological polar surface area (TPSA) is 66.6 Å². The second-order valence-corrected chi connectivity index (χ2v) is 6.12. The van der Waals surface area contributed by atoms with Crippen molar-refractivity contribution in [1.29, 1.82) is 0 Å². The highest BCUT2D eigenvalue weighted by atomic mass is 19.2. The van der Waals surface area contributed by atoms with E-state index in [9.17, 15) is 18.4 Å². The first kappa shape index (κ1) is 15.9. The van der Waals surface area contributed by atoms with E-state index in [1.165, 1.54) is 11.0 Å². The van der Waals surface area contributed by atoms with Gasteiger partial charge in [-0.25, -0.2) is 8.78 Å². The highest BCUT2D eigenvalue weighted by Crippen LogP contribution is 2.28. The molecule has 2 fully saturated rings. The summed E-state index contributed by atoms with van der Waals surface area (Å²) in [7, 11) is 0. The minimum atomic E-state index is -1.01. The highest BCUT2D eigenvalue weighted by Gasteiger charge is 2.40. The van der Waals surface area contributed by atoms with Gasteiger partial charge in [0.1, 0.15) is 5.92 Å². The number of halogens is 2. The molecule has 2 atom stereocenters. The average Bonchev–Trinajstić information content (AvgIpc) is 2.91. The number of anilines is 1. The van der Waals surface area contributed by atoms with Crippen molar-refractivity contribution in [2.75, 3.05) is 24.5 Å². The third-order valence-corrected chi connectivity index (χ3v) is 4.49. The molecule has 0 unspecified atom stereocenters. The molecule has 5 nitrogen and oxygen atoms in total. The predicted octanol–water partition coefficient (Wildman–Crippen LogP) is 1.27. The summed E-state index contributed by atoms with van der Waals surface area (Å²) >= 11 is 0. The minimum absolute atomic E-state index is 0.0495. The molecule has 1 aromatic carbocycles. The third kappa shape index (κ3) is 3.06. The van der Waals surface area contributed by atoms with E-state index in [1.54, 1.807) is 4.90 Å². The number of benzene rings is 1. The number of amides is 2. The van der Waals surface area contributed by atoms with Gasteiger partial charge >= 0.3 is 0 Å². The van der Waals surface area contributed by atoms with Crippen LogP contribution in [0.1, 0.15) is 19.3 Å². The molecule has 7 heteroatoms. The van der Waals surface area contributed by atoms with Crippen LogP contribution >= 0.6 is 0 Å². The van der Waals surface area contributed by atoms with Gasteiger partial charge in [-0.3, -0.25) is 9.59 Å². The molecule has 1 aromatic rings. The lowest BCUT2D eigenvalue weighted by Gasteiger charge is -2.32. The number of hydrogen-bond donors (Lipinski definition) is 1. The maximum atomic E-state index is 13.3. The van der Waals surface area contributed by atoms with E-state index in [2.05, 4.69) is 0 Å². The maximum absolute atomic E-state index is 13.3. The van der Waals surface area contributed by atoms with Crippen LogP contribution in [0.4, 0.5) is 14.5 Å². The molecule has 2 heterocycles. The Kier molecular flexibility index (Phi) is 4.30. The summed E-state index contributed by atoms with van der Waals surface area (Å²) in [5, 5.41) is 0. The van der Waals surface area contributed by atoms with Gasteiger partial charge in [0.25, 0.3) is 0 Å². The van der Waals surface area contributed by atoms with Gasteiger partial charge in [0.15, 0.2) is 11.6 Å². The van der Waals surface area contributed by atoms with E-state index < -0.39 is 17.6 Å². The van der Waals surface area contributed by atoms with Crippen molar-refractivity contribution in [1.82, 2.24) is 4.90 Å². The SMILES string of the molecule is N[C@H]1CCCN(C(=O)[C@@H]2CCN(c3ccc(F)c(F)c3)C2=O)C1. The molecule has 23 heavy (non-hydrogen) atoms. The first-order valence-corrected chi connectivity index (χ1v) is 7.78. The van der Waals surface area contributed by atoms with Crippen molar-refractivity contribution in [3.8, 4) is 0 Å². The number of carbonyl (C=O) groups is 2. The van der Waals surface area contributed by atoms with Crippen molar-refractivity contribution in [3.63, 3.8) is 0 Å². The minimum Gasteiger partial charge on any atom is -0.340 e. The molecule has 2 amide bonds. The molecule has 0 aromatic heterocycles. The van der Waals surface area contributed by atoms with Gasteiger partial charge in [0.05, 0.1) is 0 Å². The molecule has 0 radical (unpaired) electrons. The van der Waals surface area contributed by atoms with Crippen LogP contribution in [0.5, 0.6) is 0 Å². The molecule has 124 valence electrons. The number of rotatable bonds is 2. The maximum Gasteiger partial charge on any atom is 0.239 e. The summed E-state index contributed by atoms with van der Waals surface area (Å²) in [4.78, 5) is 28.0. The number of nitrogens with two attached hydrogens (primary N) is 1. The standard InChI is InChI=1S/C16H19F2N3O2/c17-13-4-3-11(8-14(13)18)21-7-5-12(16(21)23)15(22)20-6-1-2-10(19)9-20/h3-4,8,10,12H,1-2,5-7,9,19H2/t10-,12-/m0/s1. The zero-order valence-corrected chi connectivity index (χ0v) is 12.7. The average molecular weight is 323 g/mol. The molecular weight excluding hydrogens is 304 g/mol. The molecule has 2 aliphatic heterocycles. The van der Waals surface area contributed by atoms with E-state index in [4.69, 9.17) is 5.73 Å². The first-order valence-electron chi connectivity index (χ1n) is 7.78. The van der Waals surface area contributed by atoms with Gasteiger partial charge in [-0.2, -0.15) is 0 Å². The Bertz CT molecular complexity index is 638. The molecule has 0 saturated carbocycles. The Morgan fingerprint density at radius 3 is 2.65 bits per heavy atom. The summed E-state index contributed by atoms with van der Waals surface area (Å²) in [6.07, 6.45) is 2.09. The number of carbonyl (C=O) groups excluding carboxylic acids is 2. The number of hydrogen-bond acceptors (Lipinski definition) is 3. The molecule has 2 aliphatic rings. The van der Waals surface area contributed by atoms with Crippen LogP contribution in [0.3, 0.4) is 0 Å². The molecule has 0 spiro atoms. The van der Waals surface area contributed by atoms with Crippen LogP contribution in [-0.4, -0.2) is 42.4 Å². The lowest BCUT2D eigenvalue weighted by atomic mass is 10.0. The molecule has 2 saturated heterocycles. The predicted molar refractivity (Wildman–Crippen MR) is 80.6 cm³/mol. The number of piperidine rings is 1. The van der Waals surface area contributed by atoms with Crippen LogP contribution in [0.2, 0.25) is 0 Å². The van der Waals surface area contributed by atoms with Crippen LogP contribution in [0.25, 0.3) is 0 Å². The molecule has 0 aliphatic carbocycles. The summed E-state index contributed by atoms with van der Waals surface area (Å²) in [6, 6.07) is 3.26. The molecular formula is C16H19F2N3O2. The third-order valence-electron chi connectivity index (χ3n) is 4.49. The van der Waals surface area contributed by atoms with Gasteiger partial charge in [0, 0.05) is 37.4 Å². The molecule has 2 N–H and O–H groups in total. The summed E-state index contributed by atoms with van der Waals surface area (Å²) in [5.41, 5.74) is 6.16. The van der Waals surface area contributed by atoms with E-state index in [0.29, 0.717) is 26.1 Å². The fraction of sp³-hybridized carbons (Fsp3) is 0.500. The Labute approximate surface area is 133 Å². The fourth-order valence-corrected chi connectivity index (χ4v) is 3.25. The van der Waals surface area contributed by atoms with Crippen molar-refractivity contribution >= 4 is 17.5 Å². The Balaban J connectivity index is 1.73. The van der Waals surface area contributed by atoms with Gasteiger partial charge in [-0.1, -0.05) is 0 Å². The number of nitrogens with zero attached hydrogens (tertiary/aromatic N) is 2. The lowest BCUT2D eigenvalue weighted by molar-refractivity contribution is -0.140. The van der Waals surface area contributed by atoms with Gasteiger partial charge in [-0.05, 0) is 31.4 Å².